The quantitative estimate of drug-likeness (QED) is 0.142. The number of aromatic nitrogens is 1. The molecule has 6 heteroatoms. The van der Waals surface area contributed by atoms with Crippen LogP contribution in [0, 0.1) is 0 Å². The third-order valence-electron chi connectivity index (χ3n) is 6.98. The van der Waals surface area contributed by atoms with E-state index in [2.05, 4.69) is 41.4 Å². The molecule has 4 nitrogen and oxygen atoms in total. The maximum atomic E-state index is 12.9. The number of amides is 1. The molecule has 1 heterocycles. The minimum absolute atomic E-state index is 0. The molecule has 39 heavy (non-hydrogen) atoms. The van der Waals surface area contributed by atoms with Gasteiger partial charge in [0.2, 0.25) is 5.91 Å². The monoisotopic (exact) mass is 570 g/mol. The van der Waals surface area contributed by atoms with Gasteiger partial charge in [-0.25, -0.2) is 0 Å². The van der Waals surface area contributed by atoms with Gasteiger partial charge < -0.3 is 22.5 Å². The first-order chi connectivity index (χ1) is 18.7. The zero-order valence-corrected chi connectivity index (χ0v) is 25.5. The number of anilines is 1. The summed E-state index contributed by atoms with van der Waals surface area (Å²) in [6.45, 7) is 6.04. The van der Waals surface area contributed by atoms with Gasteiger partial charge in [0, 0.05) is 0 Å². The van der Waals surface area contributed by atoms with E-state index in [4.69, 9.17) is 4.74 Å². The zero-order valence-electron chi connectivity index (χ0n) is 23.9. The Morgan fingerprint density at radius 1 is 0.846 bits per heavy atom. The summed E-state index contributed by atoms with van der Waals surface area (Å²) < 4.78 is 8.20. The van der Waals surface area contributed by atoms with E-state index in [-0.39, 0.29) is 18.3 Å². The Morgan fingerprint density at radius 3 is 2.21 bits per heavy atom. The van der Waals surface area contributed by atoms with E-state index in [1.54, 1.807) is 11.3 Å². The maximum absolute atomic E-state index is 12.9. The highest BCUT2D eigenvalue weighted by molar-refractivity contribution is 7.12. The Kier molecular flexibility index (Phi) is 16.5. The molecule has 0 aliphatic rings. The van der Waals surface area contributed by atoms with Gasteiger partial charge in [-0.3, -0.25) is 4.79 Å². The third-order valence-corrected chi connectivity index (χ3v) is 7.92. The normalized spacial score (nSPS) is 10.7. The smallest absolute Gasteiger partial charge is 0.271 e. The highest BCUT2D eigenvalue weighted by Crippen LogP contribution is 2.28. The molecule has 0 saturated carbocycles. The fourth-order valence-electron chi connectivity index (χ4n) is 4.81. The van der Waals surface area contributed by atoms with E-state index in [9.17, 15) is 4.79 Å². The van der Waals surface area contributed by atoms with Crippen LogP contribution in [0.15, 0.2) is 60.1 Å². The summed E-state index contributed by atoms with van der Waals surface area (Å²) in [5.41, 5.74) is 2.87. The van der Waals surface area contributed by atoms with Crippen LogP contribution in [0.2, 0.25) is 0 Å². The van der Waals surface area contributed by atoms with Gasteiger partial charge in [-0.1, -0.05) is 113 Å². The Hall–Kier alpha value is -2.37. The van der Waals surface area contributed by atoms with Crippen molar-refractivity contribution in [1.82, 2.24) is 0 Å². The molecule has 214 valence electrons. The summed E-state index contributed by atoms with van der Waals surface area (Å²) in [5.74, 6) is 0.830. The highest BCUT2D eigenvalue weighted by atomic mass is 35.5. The molecule has 0 fully saturated rings. The first kappa shape index (κ1) is 32.8. The molecule has 3 rings (SSSR count). The van der Waals surface area contributed by atoms with Crippen LogP contribution in [-0.4, -0.2) is 12.5 Å². The molecule has 1 amide bonds. The molecule has 0 atom stereocenters. The van der Waals surface area contributed by atoms with Crippen molar-refractivity contribution in [3.8, 4) is 16.3 Å². The van der Waals surface area contributed by atoms with E-state index in [1.165, 1.54) is 70.6 Å². The Labute approximate surface area is 246 Å². The van der Waals surface area contributed by atoms with Crippen LogP contribution >= 0.6 is 11.3 Å². The van der Waals surface area contributed by atoms with Gasteiger partial charge in [-0.05, 0) is 43.2 Å². The standard InChI is InChI=1S/C33H46N2O2S.ClH/c1-3-5-6-7-8-9-10-11-12-13-14-17-24-37-29-20-18-19-28(26-29)27-32(36)34-31-22-16-15-21-30(31)33-35(4-2)23-25-38-33;/h15-16,18-23,25-26H,3-14,17,24,27H2,1-2H3;1H. The molecule has 1 aromatic heterocycles. The second-order valence-electron chi connectivity index (χ2n) is 10.1. The van der Waals surface area contributed by atoms with Crippen LogP contribution in [0.5, 0.6) is 5.75 Å². The van der Waals surface area contributed by atoms with Gasteiger partial charge in [-0.15, -0.1) is 0 Å². The first-order valence-electron chi connectivity index (χ1n) is 14.8. The molecule has 2 aromatic carbocycles. The second-order valence-corrected chi connectivity index (χ2v) is 11.0. The number of hydrogen-bond acceptors (Lipinski definition) is 3. The second kappa shape index (κ2) is 19.7. The fraction of sp³-hybridized carbons (Fsp3) is 0.515. The lowest BCUT2D eigenvalue weighted by molar-refractivity contribution is -0.678. The van der Waals surface area contributed by atoms with Crippen molar-refractivity contribution >= 4 is 22.9 Å². The summed E-state index contributed by atoms with van der Waals surface area (Å²) in [6, 6.07) is 16.0. The van der Waals surface area contributed by atoms with E-state index in [0.29, 0.717) is 6.42 Å². The van der Waals surface area contributed by atoms with Gasteiger partial charge in [0.15, 0.2) is 6.20 Å². The number of unbranched alkanes of at least 4 members (excludes halogenated alkanes) is 11. The molecule has 0 spiro atoms. The molecule has 0 bridgehead atoms. The largest absolute Gasteiger partial charge is 1.00 e. The zero-order chi connectivity index (χ0) is 26.8. The fourth-order valence-corrected chi connectivity index (χ4v) is 5.77. The number of carbonyl (C=O) groups is 1. The number of nitrogens with zero attached hydrogens (tertiary/aromatic N) is 1. The lowest BCUT2D eigenvalue weighted by atomic mass is 10.1. The average molecular weight is 571 g/mol. The van der Waals surface area contributed by atoms with Crippen molar-refractivity contribution in [2.75, 3.05) is 11.9 Å². The first-order valence-corrected chi connectivity index (χ1v) is 15.7. The number of ether oxygens (including phenoxy) is 1. The van der Waals surface area contributed by atoms with Crippen molar-refractivity contribution in [2.45, 2.75) is 104 Å². The molecule has 0 saturated heterocycles. The number of carbonyl (C=O) groups excluding carboxylic acids is 1. The van der Waals surface area contributed by atoms with Gasteiger partial charge in [-0.2, -0.15) is 4.57 Å². The predicted octanol–water partition coefficient (Wildman–Crippen LogP) is 5.99. The number of aryl methyl sites for hydroxylation is 1. The van der Waals surface area contributed by atoms with Crippen molar-refractivity contribution in [3.05, 3.63) is 65.7 Å². The van der Waals surface area contributed by atoms with Gasteiger partial charge in [0.25, 0.3) is 5.01 Å². The molecule has 0 radical (unpaired) electrons. The number of hydrogen-bond donors (Lipinski definition) is 1. The summed E-state index contributed by atoms with van der Waals surface area (Å²) in [7, 11) is 0. The van der Waals surface area contributed by atoms with Crippen LogP contribution in [0.3, 0.4) is 0 Å². The summed E-state index contributed by atoms with van der Waals surface area (Å²) in [4.78, 5) is 12.9. The number of rotatable bonds is 19. The molecule has 0 aliphatic carbocycles. The third kappa shape index (κ3) is 12.1. The van der Waals surface area contributed by atoms with Gasteiger partial charge in [0.1, 0.15) is 12.3 Å². The van der Waals surface area contributed by atoms with Crippen molar-refractivity contribution in [2.24, 2.45) is 0 Å². The van der Waals surface area contributed by atoms with E-state index >= 15 is 0 Å². The Bertz CT molecular complexity index is 1080. The number of thiazole rings is 1. The van der Waals surface area contributed by atoms with E-state index in [1.807, 2.05) is 42.5 Å². The maximum Gasteiger partial charge on any atom is 0.271 e. The van der Waals surface area contributed by atoms with Crippen molar-refractivity contribution in [1.29, 1.82) is 0 Å². The van der Waals surface area contributed by atoms with Crippen molar-refractivity contribution < 1.29 is 26.5 Å². The van der Waals surface area contributed by atoms with E-state index in [0.717, 1.165) is 47.1 Å². The summed E-state index contributed by atoms with van der Waals surface area (Å²) in [5, 5.41) is 6.36. The highest BCUT2D eigenvalue weighted by Gasteiger charge is 2.18. The molecule has 0 unspecified atom stereocenters. The Balaban J connectivity index is 0.00000533. The molecular formula is C33H47ClN2O2S. The predicted molar refractivity (Wildman–Crippen MR) is 161 cm³/mol. The lowest BCUT2D eigenvalue weighted by Gasteiger charge is -2.10. The minimum atomic E-state index is -0.0184. The molecule has 0 aliphatic heterocycles. The number of para-hydroxylation sites is 1. The molecule has 1 N–H and O–H groups in total. The van der Waals surface area contributed by atoms with E-state index < -0.39 is 0 Å². The van der Waals surface area contributed by atoms with Crippen LogP contribution in [0.1, 0.15) is 96.5 Å². The topological polar surface area (TPSA) is 42.2 Å². The van der Waals surface area contributed by atoms with Crippen LogP contribution < -0.4 is 27.0 Å². The average Bonchev–Trinajstić information content (AvgIpc) is 3.40. The summed E-state index contributed by atoms with van der Waals surface area (Å²) >= 11 is 1.69. The SMILES string of the molecule is CCCCCCCCCCCCCCOc1cccc(CC(=O)Nc2ccccc2-c2scc[n+]2CC)c1.[Cl-]. The number of halogens is 1. The molecular weight excluding hydrogens is 524 g/mol. The van der Waals surface area contributed by atoms with Gasteiger partial charge in [0.05, 0.1) is 29.7 Å². The minimum Gasteiger partial charge on any atom is -1.00 e. The Morgan fingerprint density at radius 2 is 1.51 bits per heavy atom. The summed E-state index contributed by atoms with van der Waals surface area (Å²) in [6.07, 6.45) is 18.5. The van der Waals surface area contributed by atoms with Crippen molar-refractivity contribution in [3.63, 3.8) is 0 Å². The number of benzene rings is 2. The van der Waals surface area contributed by atoms with Crippen LogP contribution in [0.4, 0.5) is 5.69 Å². The van der Waals surface area contributed by atoms with Gasteiger partial charge >= 0.3 is 0 Å². The number of nitrogens with one attached hydrogen (secondary N) is 1. The van der Waals surface area contributed by atoms with Crippen LogP contribution in [0.25, 0.3) is 10.6 Å². The molecule has 3 aromatic rings. The van der Waals surface area contributed by atoms with Crippen LogP contribution in [-0.2, 0) is 17.8 Å². The lowest BCUT2D eigenvalue weighted by Crippen LogP contribution is -3.00.